The fourth-order valence-electron chi connectivity index (χ4n) is 0.230. The van der Waals surface area contributed by atoms with Gasteiger partial charge in [-0.1, -0.05) is 27.7 Å². The van der Waals surface area contributed by atoms with Gasteiger partial charge in [0, 0.05) is 18.1 Å². The van der Waals surface area contributed by atoms with Gasteiger partial charge in [0.2, 0.25) is 0 Å². The summed E-state index contributed by atoms with van der Waals surface area (Å²) in [5.74, 6) is 0. The minimum atomic E-state index is 1.02. The third kappa shape index (κ3) is 35.6. The molecule has 72 valence electrons. The molecule has 0 saturated heterocycles. The van der Waals surface area contributed by atoms with Gasteiger partial charge in [-0.3, -0.25) is 9.98 Å². The highest BCUT2D eigenvalue weighted by molar-refractivity contribution is 5.79. The number of nitrogens with zero attached hydrogens (tertiary/aromatic N) is 2. The van der Waals surface area contributed by atoms with E-state index in [0.717, 1.165) is 5.71 Å². The number of hydrogen-bond acceptors (Lipinski definition) is 2. The third-order valence-electron chi connectivity index (χ3n) is 0.505. The molecule has 12 heavy (non-hydrogen) atoms. The quantitative estimate of drug-likeness (QED) is 0.565. The lowest BCUT2D eigenvalue weighted by Gasteiger charge is -1.78. The van der Waals surface area contributed by atoms with Crippen molar-refractivity contribution in [3.05, 3.63) is 12.4 Å². The van der Waals surface area contributed by atoms with E-state index >= 15 is 0 Å². The molecule has 0 radical (unpaired) electrons. The first-order valence-corrected chi connectivity index (χ1v) is 4.39. The molecular formula is C10H22N2. The van der Waals surface area contributed by atoms with Crippen LogP contribution < -0.4 is 0 Å². The summed E-state index contributed by atoms with van der Waals surface area (Å²) in [4.78, 5) is 7.39. The molecule has 2 nitrogen and oxygen atoms in total. The summed E-state index contributed by atoms with van der Waals surface area (Å²) >= 11 is 0. The highest BCUT2D eigenvalue weighted by Crippen LogP contribution is 1.77. The number of aliphatic imine (C=N–C) groups is 2. The first-order chi connectivity index (χ1) is 5.77. The Balaban J connectivity index is -0.000000175. The van der Waals surface area contributed by atoms with Crippen LogP contribution in [0.1, 0.15) is 41.5 Å². The first kappa shape index (κ1) is 17.2. The van der Waals surface area contributed by atoms with Crippen molar-refractivity contribution in [1.29, 1.82) is 0 Å². The zero-order valence-corrected chi connectivity index (χ0v) is 9.26. The van der Waals surface area contributed by atoms with Crippen molar-refractivity contribution in [2.75, 3.05) is 0 Å². The highest BCUT2D eigenvalue weighted by atomic mass is 14.7. The molecule has 0 aromatic heterocycles. The van der Waals surface area contributed by atoms with Gasteiger partial charge in [0.1, 0.15) is 0 Å². The standard InChI is InChI=1S/C6H10N2.2C2H6/c1-6(2)8-5-4-7-3;2*1-2/h4-5H,3H2,1-2H3;2*1-2H3/b5-4-;;. The molecule has 0 spiro atoms. The summed E-state index contributed by atoms with van der Waals surface area (Å²) in [5.41, 5.74) is 1.02. The van der Waals surface area contributed by atoms with Crippen LogP contribution in [0.2, 0.25) is 0 Å². The van der Waals surface area contributed by atoms with Gasteiger partial charge in [0.05, 0.1) is 0 Å². The summed E-state index contributed by atoms with van der Waals surface area (Å²) in [6, 6.07) is 0. The van der Waals surface area contributed by atoms with Crippen LogP contribution in [0, 0.1) is 0 Å². The van der Waals surface area contributed by atoms with Crippen LogP contribution in [-0.4, -0.2) is 12.4 Å². The van der Waals surface area contributed by atoms with E-state index in [-0.39, 0.29) is 0 Å². The monoisotopic (exact) mass is 170 g/mol. The normalized spacial score (nSPS) is 7.17. The van der Waals surface area contributed by atoms with Gasteiger partial charge in [-0.25, -0.2) is 0 Å². The zero-order valence-electron chi connectivity index (χ0n) is 9.26. The fraction of sp³-hybridized carbons (Fsp3) is 0.600. The lowest BCUT2D eigenvalue weighted by atomic mass is 10.5. The van der Waals surface area contributed by atoms with Crippen LogP contribution >= 0.6 is 0 Å². The van der Waals surface area contributed by atoms with Crippen molar-refractivity contribution >= 4 is 12.4 Å². The van der Waals surface area contributed by atoms with Gasteiger partial charge in [-0.05, 0) is 20.6 Å². The molecule has 0 aliphatic heterocycles. The molecule has 0 unspecified atom stereocenters. The van der Waals surface area contributed by atoms with E-state index in [9.17, 15) is 0 Å². The van der Waals surface area contributed by atoms with Crippen LogP contribution in [0.25, 0.3) is 0 Å². The van der Waals surface area contributed by atoms with Crippen molar-refractivity contribution in [2.24, 2.45) is 9.98 Å². The smallest absolute Gasteiger partial charge is 0.0449 e. The van der Waals surface area contributed by atoms with Gasteiger partial charge in [0.25, 0.3) is 0 Å². The Morgan fingerprint density at radius 2 is 1.42 bits per heavy atom. The third-order valence-corrected chi connectivity index (χ3v) is 0.505. The topological polar surface area (TPSA) is 24.7 Å². The Hall–Kier alpha value is -0.920. The summed E-state index contributed by atoms with van der Waals surface area (Å²) < 4.78 is 0. The Kier molecular flexibility index (Phi) is 32.3. The molecule has 0 aliphatic rings. The van der Waals surface area contributed by atoms with Gasteiger partial charge in [-0.2, -0.15) is 0 Å². The molecule has 0 atom stereocenters. The summed E-state index contributed by atoms with van der Waals surface area (Å²) in [6.45, 7) is 15.1. The van der Waals surface area contributed by atoms with E-state index in [0.29, 0.717) is 0 Å². The minimum Gasteiger partial charge on any atom is -0.271 e. The van der Waals surface area contributed by atoms with Crippen LogP contribution in [0.3, 0.4) is 0 Å². The lowest BCUT2D eigenvalue weighted by molar-refractivity contribution is 1.45. The Labute approximate surface area is 77.1 Å². The summed E-state index contributed by atoms with van der Waals surface area (Å²) in [6.07, 6.45) is 3.16. The SMILES string of the molecule is C=N/C=C\N=C(C)C.CC.CC. The van der Waals surface area contributed by atoms with Gasteiger partial charge in [-0.15, -0.1) is 0 Å². The molecule has 0 bridgehead atoms. The van der Waals surface area contributed by atoms with E-state index in [1.807, 2.05) is 41.5 Å². The fourth-order valence-corrected chi connectivity index (χ4v) is 0.230. The molecule has 0 heterocycles. The minimum absolute atomic E-state index is 1.02. The average Bonchev–Trinajstić information content (AvgIpc) is 2.12. The van der Waals surface area contributed by atoms with Crippen LogP contribution in [0.15, 0.2) is 22.4 Å². The van der Waals surface area contributed by atoms with Crippen molar-refractivity contribution in [3.8, 4) is 0 Å². The van der Waals surface area contributed by atoms with Crippen LogP contribution in [0.4, 0.5) is 0 Å². The van der Waals surface area contributed by atoms with Gasteiger partial charge in [0.15, 0.2) is 0 Å². The van der Waals surface area contributed by atoms with Crippen molar-refractivity contribution < 1.29 is 0 Å². The largest absolute Gasteiger partial charge is 0.271 e. The molecule has 0 fully saturated rings. The molecule has 0 N–H and O–H groups in total. The van der Waals surface area contributed by atoms with E-state index in [1.54, 1.807) is 12.4 Å². The Bertz CT molecular complexity index is 120. The van der Waals surface area contributed by atoms with E-state index in [1.165, 1.54) is 0 Å². The van der Waals surface area contributed by atoms with E-state index < -0.39 is 0 Å². The molecule has 0 aromatic rings. The van der Waals surface area contributed by atoms with Crippen molar-refractivity contribution in [1.82, 2.24) is 0 Å². The highest BCUT2D eigenvalue weighted by Gasteiger charge is 1.67. The van der Waals surface area contributed by atoms with Crippen molar-refractivity contribution in [2.45, 2.75) is 41.5 Å². The Morgan fingerprint density at radius 1 is 1.00 bits per heavy atom. The molecule has 0 aromatic carbocycles. The first-order valence-electron chi connectivity index (χ1n) is 4.39. The number of hydrogen-bond donors (Lipinski definition) is 0. The summed E-state index contributed by atoms with van der Waals surface area (Å²) in [7, 11) is 0. The van der Waals surface area contributed by atoms with Crippen molar-refractivity contribution in [3.63, 3.8) is 0 Å². The predicted molar refractivity (Wildman–Crippen MR) is 60.2 cm³/mol. The molecule has 0 saturated carbocycles. The molecule has 0 rings (SSSR count). The molecule has 0 amide bonds. The summed E-state index contributed by atoms with van der Waals surface area (Å²) in [5, 5.41) is 0. The maximum absolute atomic E-state index is 3.92. The van der Waals surface area contributed by atoms with Gasteiger partial charge < -0.3 is 0 Å². The lowest BCUT2D eigenvalue weighted by Crippen LogP contribution is -1.74. The second-order valence-electron chi connectivity index (χ2n) is 1.56. The van der Waals surface area contributed by atoms with Crippen LogP contribution in [-0.2, 0) is 0 Å². The molecular weight excluding hydrogens is 148 g/mol. The molecule has 2 heteroatoms. The van der Waals surface area contributed by atoms with Gasteiger partial charge >= 0.3 is 0 Å². The second-order valence-corrected chi connectivity index (χ2v) is 1.56. The Morgan fingerprint density at radius 3 is 1.67 bits per heavy atom. The maximum atomic E-state index is 3.92. The van der Waals surface area contributed by atoms with E-state index in [4.69, 9.17) is 0 Å². The maximum Gasteiger partial charge on any atom is 0.0449 e. The van der Waals surface area contributed by atoms with E-state index in [2.05, 4.69) is 16.7 Å². The number of rotatable bonds is 2. The second kappa shape index (κ2) is 22.5. The van der Waals surface area contributed by atoms with Crippen LogP contribution in [0.5, 0.6) is 0 Å². The molecule has 0 aliphatic carbocycles. The average molecular weight is 170 g/mol. The zero-order chi connectivity index (χ0) is 10.4. The predicted octanol–water partition coefficient (Wildman–Crippen LogP) is 3.69.